The van der Waals surface area contributed by atoms with Gasteiger partial charge in [0.15, 0.2) is 0 Å². The Hall–Kier alpha value is -1.96. The highest BCUT2D eigenvalue weighted by atomic mass is 16.1. The third-order valence-corrected chi connectivity index (χ3v) is 2.98. The number of carbonyl (C=O) groups excluding carboxylic acids is 1. The lowest BCUT2D eigenvalue weighted by Crippen LogP contribution is -2.06. The molecule has 0 N–H and O–H groups in total. The van der Waals surface area contributed by atoms with Crippen LogP contribution in [0.5, 0.6) is 0 Å². The van der Waals surface area contributed by atoms with E-state index in [2.05, 4.69) is 11.9 Å². The summed E-state index contributed by atoms with van der Waals surface area (Å²) < 4.78 is 0. The van der Waals surface area contributed by atoms with E-state index in [1.54, 1.807) is 6.20 Å². The number of hydrogen-bond acceptors (Lipinski definition) is 2. The summed E-state index contributed by atoms with van der Waals surface area (Å²) in [5.74, 6) is -0.00357. The van der Waals surface area contributed by atoms with Crippen molar-refractivity contribution in [3.63, 3.8) is 0 Å². The molecule has 2 rings (SSSR count). The summed E-state index contributed by atoms with van der Waals surface area (Å²) in [4.78, 5) is 16.4. The molecule has 2 nitrogen and oxygen atoms in total. The van der Waals surface area contributed by atoms with Crippen molar-refractivity contribution in [2.75, 3.05) is 0 Å². The molecule has 0 aliphatic carbocycles. The van der Waals surface area contributed by atoms with Gasteiger partial charge in [0, 0.05) is 11.8 Å². The molecule has 0 saturated heterocycles. The fourth-order valence-electron chi connectivity index (χ4n) is 1.97. The fraction of sp³-hybridized carbons (Fsp3) is 0.250. The van der Waals surface area contributed by atoms with Gasteiger partial charge in [0.25, 0.3) is 0 Å². The van der Waals surface area contributed by atoms with Crippen LogP contribution in [0.1, 0.15) is 40.5 Å². The maximum atomic E-state index is 12.3. The summed E-state index contributed by atoms with van der Waals surface area (Å²) >= 11 is 0. The number of pyridine rings is 1. The molecule has 0 unspecified atom stereocenters. The number of rotatable bonds is 4. The minimum atomic E-state index is -0.00357. The second-order valence-corrected chi connectivity index (χ2v) is 4.44. The van der Waals surface area contributed by atoms with Crippen molar-refractivity contribution >= 4 is 5.78 Å². The number of aryl methyl sites for hydroxylation is 2. The number of carbonyl (C=O) groups is 1. The third-order valence-electron chi connectivity index (χ3n) is 2.98. The van der Waals surface area contributed by atoms with Crippen molar-refractivity contribution in [2.45, 2.75) is 26.7 Å². The van der Waals surface area contributed by atoms with Gasteiger partial charge in [0.05, 0.1) is 0 Å². The van der Waals surface area contributed by atoms with Gasteiger partial charge in [-0.25, -0.2) is 0 Å². The SMILES string of the molecule is CCCc1ccc(C(=O)c2ncccc2C)cc1. The highest BCUT2D eigenvalue weighted by Crippen LogP contribution is 2.13. The monoisotopic (exact) mass is 239 g/mol. The number of benzene rings is 1. The van der Waals surface area contributed by atoms with E-state index in [1.165, 1.54) is 5.56 Å². The van der Waals surface area contributed by atoms with Gasteiger partial charge in [-0.1, -0.05) is 43.7 Å². The summed E-state index contributed by atoms with van der Waals surface area (Å²) in [7, 11) is 0. The van der Waals surface area contributed by atoms with Crippen LogP contribution in [0, 0.1) is 6.92 Å². The van der Waals surface area contributed by atoms with Crippen molar-refractivity contribution in [1.29, 1.82) is 0 Å². The molecule has 18 heavy (non-hydrogen) atoms. The predicted molar refractivity (Wildman–Crippen MR) is 72.8 cm³/mol. The van der Waals surface area contributed by atoms with Crippen LogP contribution in [0.15, 0.2) is 42.6 Å². The van der Waals surface area contributed by atoms with Gasteiger partial charge in [0.2, 0.25) is 5.78 Å². The lowest BCUT2D eigenvalue weighted by Gasteiger charge is -2.04. The predicted octanol–water partition coefficient (Wildman–Crippen LogP) is 3.57. The Bertz CT molecular complexity index is 543. The summed E-state index contributed by atoms with van der Waals surface area (Å²) in [6.07, 6.45) is 3.83. The first kappa shape index (κ1) is 12.5. The first-order valence-electron chi connectivity index (χ1n) is 6.27. The standard InChI is InChI=1S/C16H17NO/c1-3-5-13-7-9-14(10-8-13)16(18)15-12(2)6-4-11-17-15/h4,6-11H,3,5H2,1-2H3. The van der Waals surface area contributed by atoms with E-state index < -0.39 is 0 Å². The van der Waals surface area contributed by atoms with Crippen LogP contribution in [0.2, 0.25) is 0 Å². The van der Waals surface area contributed by atoms with Crippen molar-refractivity contribution in [3.8, 4) is 0 Å². The molecule has 0 bridgehead atoms. The molecular weight excluding hydrogens is 222 g/mol. The van der Waals surface area contributed by atoms with E-state index in [-0.39, 0.29) is 5.78 Å². The van der Waals surface area contributed by atoms with Gasteiger partial charge in [0.1, 0.15) is 5.69 Å². The van der Waals surface area contributed by atoms with Gasteiger partial charge in [-0.2, -0.15) is 0 Å². The quantitative estimate of drug-likeness (QED) is 0.763. The average Bonchev–Trinajstić information content (AvgIpc) is 2.40. The van der Waals surface area contributed by atoms with Crippen LogP contribution in [0.25, 0.3) is 0 Å². The van der Waals surface area contributed by atoms with E-state index in [4.69, 9.17) is 0 Å². The zero-order valence-corrected chi connectivity index (χ0v) is 10.8. The molecule has 0 saturated carbocycles. The minimum absolute atomic E-state index is 0.00357. The van der Waals surface area contributed by atoms with Crippen LogP contribution >= 0.6 is 0 Å². The molecule has 92 valence electrons. The van der Waals surface area contributed by atoms with E-state index in [9.17, 15) is 4.79 Å². The highest BCUT2D eigenvalue weighted by Gasteiger charge is 2.12. The Morgan fingerprint density at radius 2 is 1.89 bits per heavy atom. The Balaban J connectivity index is 2.27. The number of hydrogen-bond donors (Lipinski definition) is 0. The molecule has 0 fully saturated rings. The van der Waals surface area contributed by atoms with Crippen molar-refractivity contribution < 1.29 is 4.79 Å². The van der Waals surface area contributed by atoms with Crippen molar-refractivity contribution in [2.24, 2.45) is 0 Å². The molecule has 0 radical (unpaired) electrons. The first-order chi connectivity index (χ1) is 8.72. The molecule has 2 aromatic rings. The van der Waals surface area contributed by atoms with Crippen molar-refractivity contribution in [1.82, 2.24) is 4.98 Å². The third kappa shape index (κ3) is 2.65. The van der Waals surface area contributed by atoms with Crippen LogP contribution in [-0.2, 0) is 6.42 Å². The normalized spacial score (nSPS) is 10.3. The summed E-state index contributed by atoms with van der Waals surface area (Å²) in [5.41, 5.74) is 3.43. The Kier molecular flexibility index (Phi) is 3.88. The zero-order valence-electron chi connectivity index (χ0n) is 10.8. The molecule has 0 aliphatic rings. The molecule has 1 heterocycles. The molecule has 0 atom stereocenters. The topological polar surface area (TPSA) is 30.0 Å². The minimum Gasteiger partial charge on any atom is -0.287 e. The van der Waals surface area contributed by atoms with Crippen LogP contribution in [-0.4, -0.2) is 10.8 Å². The number of nitrogens with zero attached hydrogens (tertiary/aromatic N) is 1. The molecule has 0 amide bonds. The zero-order chi connectivity index (χ0) is 13.0. The van der Waals surface area contributed by atoms with E-state index in [0.717, 1.165) is 18.4 Å². The summed E-state index contributed by atoms with van der Waals surface area (Å²) in [5, 5.41) is 0. The maximum absolute atomic E-state index is 12.3. The molecule has 2 heteroatoms. The number of ketones is 1. The largest absolute Gasteiger partial charge is 0.287 e. The van der Waals surface area contributed by atoms with Crippen LogP contribution in [0.4, 0.5) is 0 Å². The number of aromatic nitrogens is 1. The van der Waals surface area contributed by atoms with E-state index in [0.29, 0.717) is 11.3 Å². The first-order valence-corrected chi connectivity index (χ1v) is 6.27. The van der Waals surface area contributed by atoms with Crippen LogP contribution in [0.3, 0.4) is 0 Å². The second-order valence-electron chi connectivity index (χ2n) is 4.44. The summed E-state index contributed by atoms with van der Waals surface area (Å²) in [6.45, 7) is 4.06. The fourth-order valence-corrected chi connectivity index (χ4v) is 1.97. The Labute approximate surface area is 108 Å². The molecule has 0 spiro atoms. The lowest BCUT2D eigenvalue weighted by atomic mass is 10.0. The van der Waals surface area contributed by atoms with Crippen molar-refractivity contribution in [3.05, 3.63) is 65.0 Å². The van der Waals surface area contributed by atoms with Gasteiger partial charge in [-0.15, -0.1) is 0 Å². The van der Waals surface area contributed by atoms with Gasteiger partial charge < -0.3 is 0 Å². The summed E-state index contributed by atoms with van der Waals surface area (Å²) in [6, 6.07) is 11.6. The van der Waals surface area contributed by atoms with Crippen LogP contribution < -0.4 is 0 Å². The van der Waals surface area contributed by atoms with Gasteiger partial charge in [-0.3, -0.25) is 9.78 Å². The van der Waals surface area contributed by atoms with Gasteiger partial charge in [-0.05, 0) is 30.5 Å². The molecular formula is C16H17NO. The Morgan fingerprint density at radius 3 is 2.50 bits per heavy atom. The Morgan fingerprint density at radius 1 is 1.17 bits per heavy atom. The highest BCUT2D eigenvalue weighted by molar-refractivity contribution is 6.08. The average molecular weight is 239 g/mol. The molecule has 1 aromatic carbocycles. The smallest absolute Gasteiger partial charge is 0.211 e. The molecule has 0 aliphatic heterocycles. The second kappa shape index (κ2) is 5.58. The van der Waals surface area contributed by atoms with E-state index >= 15 is 0 Å². The maximum Gasteiger partial charge on any atom is 0.211 e. The van der Waals surface area contributed by atoms with Gasteiger partial charge >= 0.3 is 0 Å². The van der Waals surface area contributed by atoms with E-state index in [1.807, 2.05) is 43.3 Å². The molecule has 1 aromatic heterocycles. The lowest BCUT2D eigenvalue weighted by molar-refractivity contribution is 0.103.